The van der Waals surface area contributed by atoms with Crippen molar-refractivity contribution in [2.75, 3.05) is 0 Å². The van der Waals surface area contributed by atoms with Crippen LogP contribution in [0.1, 0.15) is 82.8 Å². The second-order valence-corrected chi connectivity index (χ2v) is 10.0. The van der Waals surface area contributed by atoms with Gasteiger partial charge in [0.05, 0.1) is 0 Å². The van der Waals surface area contributed by atoms with Crippen LogP contribution in [-0.2, 0) is 6.42 Å². The van der Waals surface area contributed by atoms with Gasteiger partial charge in [0.1, 0.15) is 5.82 Å². The van der Waals surface area contributed by atoms with Crippen molar-refractivity contribution >= 4 is 16.8 Å². The lowest BCUT2D eigenvalue weighted by molar-refractivity contribution is 0.249. The lowest BCUT2D eigenvalue weighted by Gasteiger charge is -2.28. The highest BCUT2D eigenvalue weighted by molar-refractivity contribution is 5.89. The molecule has 0 saturated heterocycles. The Kier molecular flexibility index (Phi) is 8.37. The van der Waals surface area contributed by atoms with Crippen molar-refractivity contribution in [3.05, 3.63) is 77.6 Å². The normalized spacial score (nSPS) is 18.9. The molecule has 0 nitrogen and oxygen atoms in total. The van der Waals surface area contributed by atoms with Gasteiger partial charge < -0.3 is 0 Å². The minimum absolute atomic E-state index is 0.137. The summed E-state index contributed by atoms with van der Waals surface area (Å²) in [6.45, 7) is 4.21. The van der Waals surface area contributed by atoms with Crippen molar-refractivity contribution in [3.63, 3.8) is 0 Å². The number of halogens is 1. The van der Waals surface area contributed by atoms with E-state index >= 15 is 0 Å². The van der Waals surface area contributed by atoms with Crippen molar-refractivity contribution in [2.24, 2.45) is 11.8 Å². The second kappa shape index (κ2) is 11.6. The third-order valence-electron chi connectivity index (χ3n) is 7.64. The van der Waals surface area contributed by atoms with Gasteiger partial charge in [-0.1, -0.05) is 119 Å². The number of benzene rings is 3. The third kappa shape index (κ3) is 6.14. The Morgan fingerprint density at radius 1 is 0.818 bits per heavy atom. The van der Waals surface area contributed by atoms with Gasteiger partial charge in [-0.2, -0.15) is 0 Å². The zero-order valence-electron chi connectivity index (χ0n) is 20.5. The highest BCUT2D eigenvalue weighted by Gasteiger charge is 2.20. The molecule has 0 radical (unpaired) electrons. The summed E-state index contributed by atoms with van der Waals surface area (Å²) in [6.07, 6.45) is 17.6. The lowest BCUT2D eigenvalue weighted by atomic mass is 9.78. The highest BCUT2D eigenvalue weighted by Crippen LogP contribution is 2.34. The van der Waals surface area contributed by atoms with E-state index in [-0.39, 0.29) is 5.82 Å². The highest BCUT2D eigenvalue weighted by atomic mass is 19.1. The zero-order valence-corrected chi connectivity index (χ0v) is 20.5. The van der Waals surface area contributed by atoms with E-state index in [1.165, 1.54) is 75.3 Å². The molecule has 1 aliphatic rings. The molecule has 1 heteroatoms. The van der Waals surface area contributed by atoms with E-state index in [0.29, 0.717) is 10.9 Å². The predicted octanol–water partition coefficient (Wildman–Crippen LogP) is 10.00. The molecule has 0 unspecified atom stereocenters. The van der Waals surface area contributed by atoms with Gasteiger partial charge in [-0.05, 0) is 59.7 Å². The van der Waals surface area contributed by atoms with Crippen LogP contribution in [0.5, 0.6) is 0 Å². The van der Waals surface area contributed by atoms with E-state index < -0.39 is 0 Å². The first-order chi connectivity index (χ1) is 16.2. The lowest BCUT2D eigenvalue weighted by Crippen LogP contribution is -2.15. The Morgan fingerprint density at radius 3 is 2.21 bits per heavy atom. The number of hydrogen-bond acceptors (Lipinski definition) is 0. The van der Waals surface area contributed by atoms with Gasteiger partial charge in [0.15, 0.2) is 0 Å². The summed E-state index contributed by atoms with van der Waals surface area (Å²) in [5.41, 5.74) is 4.43. The maximum absolute atomic E-state index is 14.7. The minimum atomic E-state index is -0.137. The van der Waals surface area contributed by atoms with Crippen LogP contribution in [0.3, 0.4) is 0 Å². The minimum Gasteiger partial charge on any atom is -0.206 e. The van der Waals surface area contributed by atoms with E-state index in [1.54, 1.807) is 0 Å². The summed E-state index contributed by atoms with van der Waals surface area (Å²) in [5.74, 6) is 1.77. The zero-order chi connectivity index (χ0) is 23.0. The molecule has 0 bridgehead atoms. The molecule has 1 aliphatic carbocycles. The summed E-state index contributed by atoms with van der Waals surface area (Å²) in [4.78, 5) is 0. The molecule has 3 aromatic carbocycles. The number of unbranched alkanes of at least 4 members (excludes halogenated alkanes) is 2. The topological polar surface area (TPSA) is 0 Å². The molecule has 0 N–H and O–H groups in total. The summed E-state index contributed by atoms with van der Waals surface area (Å²) in [7, 11) is 0. The van der Waals surface area contributed by atoms with E-state index in [0.717, 1.165) is 22.8 Å². The van der Waals surface area contributed by atoms with Crippen LogP contribution in [0, 0.1) is 17.7 Å². The van der Waals surface area contributed by atoms with Crippen LogP contribution in [0.25, 0.3) is 28.0 Å². The molecule has 33 heavy (non-hydrogen) atoms. The Bertz CT molecular complexity index is 1050. The largest absolute Gasteiger partial charge is 0.206 e. The van der Waals surface area contributed by atoms with E-state index in [9.17, 15) is 4.39 Å². The van der Waals surface area contributed by atoms with Crippen LogP contribution in [0.2, 0.25) is 0 Å². The van der Waals surface area contributed by atoms with Crippen molar-refractivity contribution in [1.29, 1.82) is 0 Å². The fraction of sp³-hybridized carbons (Fsp3) is 0.438. The molecule has 3 aromatic rings. The number of hydrogen-bond donors (Lipinski definition) is 0. The quantitative estimate of drug-likeness (QED) is 0.289. The standard InChI is InChI=1S/C32H39F/c1-3-5-6-8-24-9-11-25(12-10-24)13-14-26-15-17-27(18-16-26)29-21-22-31-30(23-29)20-19-28(7-4-2)32(31)33/h4,7,15-25H,3,5-6,8-14H2,1-2H3/b7-4+. The van der Waals surface area contributed by atoms with Crippen LogP contribution in [0.15, 0.2) is 60.7 Å². The Hall–Kier alpha value is -2.41. The van der Waals surface area contributed by atoms with Crippen molar-refractivity contribution in [2.45, 2.75) is 78.1 Å². The molecule has 1 fully saturated rings. The summed E-state index contributed by atoms with van der Waals surface area (Å²) < 4.78 is 14.7. The molecular weight excluding hydrogens is 403 g/mol. The van der Waals surface area contributed by atoms with Gasteiger partial charge in [-0.3, -0.25) is 0 Å². The Morgan fingerprint density at radius 2 is 1.52 bits per heavy atom. The summed E-state index contributed by atoms with van der Waals surface area (Å²) in [6, 6.07) is 19.0. The van der Waals surface area contributed by atoms with Gasteiger partial charge >= 0.3 is 0 Å². The Balaban J connectivity index is 1.33. The predicted molar refractivity (Wildman–Crippen MR) is 142 cm³/mol. The molecule has 4 rings (SSSR count). The molecular formula is C32H39F. The van der Waals surface area contributed by atoms with Crippen LogP contribution >= 0.6 is 0 Å². The maximum atomic E-state index is 14.7. The molecule has 0 aliphatic heterocycles. The third-order valence-corrected chi connectivity index (χ3v) is 7.64. The fourth-order valence-electron chi connectivity index (χ4n) is 5.52. The van der Waals surface area contributed by atoms with Gasteiger partial charge in [0.25, 0.3) is 0 Å². The summed E-state index contributed by atoms with van der Waals surface area (Å²) in [5, 5.41) is 1.64. The van der Waals surface area contributed by atoms with Crippen LogP contribution in [-0.4, -0.2) is 0 Å². The average Bonchev–Trinajstić information content (AvgIpc) is 2.86. The first-order valence-electron chi connectivity index (χ1n) is 13.1. The molecule has 0 amide bonds. The molecule has 1 saturated carbocycles. The van der Waals surface area contributed by atoms with E-state index in [2.05, 4.69) is 37.3 Å². The Labute approximate surface area is 199 Å². The van der Waals surface area contributed by atoms with Crippen molar-refractivity contribution in [3.8, 4) is 11.1 Å². The number of aryl methyl sites for hydroxylation is 1. The maximum Gasteiger partial charge on any atom is 0.138 e. The van der Waals surface area contributed by atoms with Gasteiger partial charge in [-0.15, -0.1) is 0 Å². The van der Waals surface area contributed by atoms with Crippen LogP contribution < -0.4 is 0 Å². The van der Waals surface area contributed by atoms with Crippen molar-refractivity contribution in [1.82, 2.24) is 0 Å². The van der Waals surface area contributed by atoms with Crippen LogP contribution in [0.4, 0.5) is 4.39 Å². The fourth-order valence-corrected chi connectivity index (χ4v) is 5.52. The SMILES string of the molecule is C/C=C/c1ccc2cc(-c3ccc(CCC4CCC(CCCCC)CC4)cc3)ccc2c1F. The number of allylic oxidation sites excluding steroid dienone is 1. The molecule has 0 atom stereocenters. The number of rotatable bonds is 9. The smallest absolute Gasteiger partial charge is 0.138 e. The van der Waals surface area contributed by atoms with E-state index in [1.807, 2.05) is 43.3 Å². The van der Waals surface area contributed by atoms with Gasteiger partial charge in [0, 0.05) is 10.9 Å². The molecule has 0 aromatic heterocycles. The number of fused-ring (bicyclic) bond motifs is 1. The van der Waals surface area contributed by atoms with E-state index in [4.69, 9.17) is 0 Å². The second-order valence-electron chi connectivity index (χ2n) is 10.0. The van der Waals surface area contributed by atoms with Gasteiger partial charge in [0.2, 0.25) is 0 Å². The summed E-state index contributed by atoms with van der Waals surface area (Å²) >= 11 is 0. The molecule has 174 valence electrons. The first kappa shape index (κ1) is 23.7. The van der Waals surface area contributed by atoms with Crippen molar-refractivity contribution < 1.29 is 4.39 Å². The average molecular weight is 443 g/mol. The monoisotopic (exact) mass is 442 g/mol. The molecule has 0 heterocycles. The first-order valence-corrected chi connectivity index (χ1v) is 13.1. The van der Waals surface area contributed by atoms with Gasteiger partial charge in [-0.25, -0.2) is 4.39 Å². The molecule has 0 spiro atoms.